The molecule has 6 rings (SSSR count). The predicted molar refractivity (Wildman–Crippen MR) is 132 cm³/mol. The van der Waals surface area contributed by atoms with Gasteiger partial charge in [-0.05, 0) is 50.2 Å². The van der Waals surface area contributed by atoms with Crippen molar-refractivity contribution >= 4 is 39.0 Å². The summed E-state index contributed by atoms with van der Waals surface area (Å²) in [6.07, 6.45) is 8.31. The highest BCUT2D eigenvalue weighted by Crippen LogP contribution is 2.44. The van der Waals surface area contributed by atoms with Gasteiger partial charge in [-0.25, -0.2) is 9.97 Å². The zero-order valence-electron chi connectivity index (χ0n) is 19.0. The van der Waals surface area contributed by atoms with E-state index in [-0.39, 0.29) is 11.6 Å². The number of aromatic nitrogens is 2. The molecule has 176 valence electrons. The Bertz CT molecular complexity index is 1280. The predicted octanol–water partition coefficient (Wildman–Crippen LogP) is 4.71. The number of benzene rings is 1. The first-order valence-corrected chi connectivity index (χ1v) is 13.0. The van der Waals surface area contributed by atoms with Crippen molar-refractivity contribution in [2.45, 2.75) is 50.9 Å². The number of hydrogen-bond donors (Lipinski definition) is 0. The summed E-state index contributed by atoms with van der Waals surface area (Å²) in [5.41, 5.74) is 1.76. The summed E-state index contributed by atoms with van der Waals surface area (Å²) < 4.78 is 0. The molecule has 3 aliphatic rings. The summed E-state index contributed by atoms with van der Waals surface area (Å²) in [5, 5.41) is 12.3. The molecule has 1 saturated carbocycles. The molecule has 2 fully saturated rings. The Labute approximate surface area is 201 Å². The Kier molecular flexibility index (Phi) is 5.44. The molecule has 0 unspecified atom stereocenters. The lowest BCUT2D eigenvalue weighted by atomic mass is 10.1. The second kappa shape index (κ2) is 8.61. The van der Waals surface area contributed by atoms with Gasteiger partial charge in [-0.2, -0.15) is 0 Å². The summed E-state index contributed by atoms with van der Waals surface area (Å²) >= 11 is 1.86. The van der Waals surface area contributed by atoms with Gasteiger partial charge in [0.05, 0.1) is 10.3 Å². The highest BCUT2D eigenvalue weighted by Gasteiger charge is 2.32. The molecule has 1 aromatic carbocycles. The fourth-order valence-corrected chi connectivity index (χ4v) is 6.40. The van der Waals surface area contributed by atoms with Crippen LogP contribution in [0.4, 0.5) is 11.5 Å². The first-order chi connectivity index (χ1) is 16.6. The lowest BCUT2D eigenvalue weighted by molar-refractivity contribution is -0.384. The number of carbonyl (C=O) groups is 1. The second-order valence-corrected chi connectivity index (χ2v) is 10.6. The van der Waals surface area contributed by atoms with Gasteiger partial charge in [-0.1, -0.05) is 12.5 Å². The number of anilines is 1. The first-order valence-electron chi connectivity index (χ1n) is 12.2. The van der Waals surface area contributed by atoms with E-state index in [1.165, 1.54) is 60.1 Å². The van der Waals surface area contributed by atoms with Crippen molar-refractivity contribution < 1.29 is 9.72 Å². The number of fused-ring (bicyclic) bond motifs is 3. The van der Waals surface area contributed by atoms with Crippen LogP contribution in [0.3, 0.4) is 0 Å². The van der Waals surface area contributed by atoms with Crippen LogP contribution >= 0.6 is 11.3 Å². The largest absolute Gasteiger partial charge is 0.352 e. The van der Waals surface area contributed by atoms with Crippen LogP contribution in [-0.2, 0) is 12.8 Å². The van der Waals surface area contributed by atoms with Crippen LogP contribution in [0.5, 0.6) is 0 Å². The quantitative estimate of drug-likeness (QED) is 0.307. The number of nitrogens with zero attached hydrogens (tertiary/aromatic N) is 5. The van der Waals surface area contributed by atoms with Gasteiger partial charge in [0.25, 0.3) is 11.6 Å². The molecule has 3 heterocycles. The zero-order valence-corrected chi connectivity index (χ0v) is 19.9. The van der Waals surface area contributed by atoms with Gasteiger partial charge >= 0.3 is 0 Å². The van der Waals surface area contributed by atoms with Crippen LogP contribution in [0.15, 0.2) is 24.3 Å². The molecule has 0 bridgehead atoms. The molecule has 34 heavy (non-hydrogen) atoms. The lowest BCUT2D eigenvalue weighted by Crippen LogP contribution is -2.49. The van der Waals surface area contributed by atoms with Gasteiger partial charge in [-0.3, -0.25) is 14.9 Å². The number of aryl methyl sites for hydroxylation is 2. The van der Waals surface area contributed by atoms with Gasteiger partial charge in [0.2, 0.25) is 0 Å². The summed E-state index contributed by atoms with van der Waals surface area (Å²) in [5.74, 6) is 2.36. The van der Waals surface area contributed by atoms with Gasteiger partial charge in [0, 0.05) is 54.7 Å². The SMILES string of the molecule is O=C(c1cccc([N+](=O)[O-])c1)N1CCN(c2nc(C3CC3)nc3sc4c(c23)CCCCC4)CC1. The van der Waals surface area contributed by atoms with Gasteiger partial charge in [-0.15, -0.1) is 11.3 Å². The molecule has 0 N–H and O–H groups in total. The van der Waals surface area contributed by atoms with Crippen LogP contribution in [0.1, 0.15) is 64.6 Å². The van der Waals surface area contributed by atoms with Crippen molar-refractivity contribution in [2.75, 3.05) is 31.1 Å². The van der Waals surface area contributed by atoms with E-state index in [2.05, 4.69) is 4.90 Å². The monoisotopic (exact) mass is 477 g/mol. The fraction of sp³-hybridized carbons (Fsp3) is 0.480. The molecular formula is C25H27N5O3S. The average Bonchev–Trinajstić information content (AvgIpc) is 3.68. The molecule has 8 nitrogen and oxygen atoms in total. The van der Waals surface area contributed by atoms with Gasteiger partial charge < -0.3 is 9.80 Å². The number of piperazine rings is 1. The van der Waals surface area contributed by atoms with E-state index in [0.717, 1.165) is 29.3 Å². The molecule has 2 aromatic heterocycles. The summed E-state index contributed by atoms with van der Waals surface area (Å²) in [4.78, 5) is 40.5. The van der Waals surface area contributed by atoms with E-state index in [1.807, 2.05) is 11.3 Å². The van der Waals surface area contributed by atoms with Gasteiger partial charge in [0.1, 0.15) is 16.5 Å². The number of carbonyl (C=O) groups excluding carboxylic acids is 1. The second-order valence-electron chi connectivity index (χ2n) is 9.51. The van der Waals surface area contributed by atoms with Crippen molar-refractivity contribution in [3.05, 3.63) is 56.2 Å². The van der Waals surface area contributed by atoms with Crippen LogP contribution in [0, 0.1) is 10.1 Å². The smallest absolute Gasteiger partial charge is 0.270 e. The molecule has 0 radical (unpaired) electrons. The van der Waals surface area contributed by atoms with Crippen molar-refractivity contribution in [1.29, 1.82) is 0 Å². The highest BCUT2D eigenvalue weighted by atomic mass is 32.1. The molecular weight excluding hydrogens is 450 g/mol. The van der Waals surface area contributed by atoms with E-state index in [4.69, 9.17) is 9.97 Å². The standard InChI is InChI=1S/C25H27N5O3S/c31-25(17-5-4-6-18(15-17)30(32)33)29-13-11-28(12-14-29)23-21-19-7-2-1-3-8-20(19)34-24(21)27-22(26-23)16-9-10-16/h4-6,15-16H,1-3,7-14H2. The molecule has 1 amide bonds. The average molecular weight is 478 g/mol. The molecule has 9 heteroatoms. The van der Waals surface area contributed by atoms with E-state index in [9.17, 15) is 14.9 Å². The number of thiophene rings is 1. The third kappa shape index (κ3) is 3.91. The van der Waals surface area contributed by atoms with Crippen molar-refractivity contribution in [3.8, 4) is 0 Å². The number of nitro benzene ring substituents is 1. The molecule has 0 spiro atoms. The normalized spacial score (nSPS) is 18.6. The minimum absolute atomic E-state index is 0.0568. The minimum Gasteiger partial charge on any atom is -0.352 e. The van der Waals surface area contributed by atoms with Gasteiger partial charge in [0.15, 0.2) is 0 Å². The highest BCUT2D eigenvalue weighted by molar-refractivity contribution is 7.19. The van der Waals surface area contributed by atoms with Crippen molar-refractivity contribution in [2.24, 2.45) is 0 Å². The van der Waals surface area contributed by atoms with Crippen molar-refractivity contribution in [3.63, 3.8) is 0 Å². The van der Waals surface area contributed by atoms with Crippen LogP contribution in [0.2, 0.25) is 0 Å². The van der Waals surface area contributed by atoms with E-state index >= 15 is 0 Å². The number of nitro groups is 1. The van der Waals surface area contributed by atoms with Crippen molar-refractivity contribution in [1.82, 2.24) is 14.9 Å². The third-order valence-corrected chi connectivity index (χ3v) is 8.36. The van der Waals surface area contributed by atoms with E-state index < -0.39 is 4.92 Å². The number of rotatable bonds is 4. The van der Waals surface area contributed by atoms with Crippen LogP contribution in [0.25, 0.3) is 10.2 Å². The minimum atomic E-state index is -0.462. The van der Waals surface area contributed by atoms with Crippen LogP contribution < -0.4 is 4.90 Å². The zero-order chi connectivity index (χ0) is 23.2. The molecule has 1 saturated heterocycles. The van der Waals surface area contributed by atoms with E-state index in [0.29, 0.717) is 37.7 Å². The summed E-state index contributed by atoms with van der Waals surface area (Å²) in [6.45, 7) is 2.53. The Hall–Kier alpha value is -3.07. The Morgan fingerprint density at radius 1 is 1.06 bits per heavy atom. The maximum Gasteiger partial charge on any atom is 0.270 e. The molecule has 1 aliphatic heterocycles. The Morgan fingerprint density at radius 3 is 2.62 bits per heavy atom. The third-order valence-electron chi connectivity index (χ3n) is 7.18. The summed E-state index contributed by atoms with van der Waals surface area (Å²) in [6, 6.07) is 6.00. The van der Waals surface area contributed by atoms with Crippen LogP contribution in [-0.4, -0.2) is 51.9 Å². The summed E-state index contributed by atoms with van der Waals surface area (Å²) in [7, 11) is 0. The maximum atomic E-state index is 13.0. The maximum absolute atomic E-state index is 13.0. The number of amides is 1. The lowest BCUT2D eigenvalue weighted by Gasteiger charge is -2.36. The Morgan fingerprint density at radius 2 is 1.85 bits per heavy atom. The molecule has 0 atom stereocenters. The number of hydrogen-bond acceptors (Lipinski definition) is 7. The first kappa shape index (κ1) is 21.5. The topological polar surface area (TPSA) is 92.5 Å². The Balaban J connectivity index is 1.27. The number of non-ortho nitro benzene ring substituents is 1. The van der Waals surface area contributed by atoms with E-state index in [1.54, 1.807) is 17.0 Å². The molecule has 2 aliphatic carbocycles. The fourth-order valence-electron chi connectivity index (χ4n) is 5.14. The molecule has 3 aromatic rings.